The zero-order valence-electron chi connectivity index (χ0n) is 14.5. The fourth-order valence-corrected chi connectivity index (χ4v) is 4.61. The highest BCUT2D eigenvalue weighted by molar-refractivity contribution is 7.84. The van der Waals surface area contributed by atoms with Crippen molar-refractivity contribution in [3.05, 3.63) is 35.6 Å². The van der Waals surface area contributed by atoms with Crippen LogP contribution < -0.4 is 4.90 Å². The number of rotatable bonds is 4. The number of H-pyrrole nitrogens is 1. The lowest BCUT2D eigenvalue weighted by atomic mass is 9.99. The molecule has 0 spiro atoms. The van der Waals surface area contributed by atoms with Crippen LogP contribution in [0.4, 0.5) is 5.82 Å². The summed E-state index contributed by atoms with van der Waals surface area (Å²) in [5, 5.41) is 0.559. The zero-order valence-corrected chi connectivity index (χ0v) is 16.1. The number of hydrogen-bond acceptors (Lipinski definition) is 5. The molecule has 6 nitrogen and oxygen atoms in total. The molecule has 1 N–H and O–H groups in total. The van der Waals surface area contributed by atoms with E-state index in [1.165, 1.54) is 0 Å². The van der Waals surface area contributed by atoms with Gasteiger partial charge in [-0.05, 0) is 37.0 Å². The summed E-state index contributed by atoms with van der Waals surface area (Å²) in [6.45, 7) is 1.83. The minimum absolute atomic E-state index is 0.533. The third-order valence-corrected chi connectivity index (χ3v) is 6.00. The predicted molar refractivity (Wildman–Crippen MR) is 106 cm³/mol. The number of aromatic amines is 1. The van der Waals surface area contributed by atoms with Crippen molar-refractivity contribution in [3.63, 3.8) is 0 Å². The van der Waals surface area contributed by atoms with Crippen molar-refractivity contribution in [2.24, 2.45) is 5.92 Å². The molecule has 0 bridgehead atoms. The predicted octanol–water partition coefficient (Wildman–Crippen LogP) is 3.27. The number of nitrogens with zero attached hydrogens (tertiary/aromatic N) is 4. The summed E-state index contributed by atoms with van der Waals surface area (Å²) in [5.41, 5.74) is 2.38. The van der Waals surface area contributed by atoms with Crippen molar-refractivity contribution in [3.8, 4) is 11.4 Å². The Morgan fingerprint density at radius 2 is 2.15 bits per heavy atom. The second-order valence-corrected chi connectivity index (χ2v) is 8.54. The van der Waals surface area contributed by atoms with E-state index >= 15 is 0 Å². The fourth-order valence-electron chi connectivity index (χ4n) is 3.42. The standard InChI is InChI=1S/C18H20ClN5OS/c1-26(25)11-12-4-7-24(8-5-12)16-9-13(14(19)10-21-16)17-22-15-3-2-6-20-18(15)23-17/h2-3,6,9-10,12H,4-5,7-8,11H2,1H3,(H,20,22,23). The van der Waals surface area contributed by atoms with Crippen molar-refractivity contribution in [1.82, 2.24) is 19.9 Å². The van der Waals surface area contributed by atoms with Gasteiger partial charge in [0.1, 0.15) is 11.6 Å². The molecule has 1 saturated heterocycles. The Kier molecular flexibility index (Phi) is 4.91. The molecule has 3 aromatic heterocycles. The molecule has 1 unspecified atom stereocenters. The molecule has 0 aliphatic carbocycles. The van der Waals surface area contributed by atoms with Gasteiger partial charge >= 0.3 is 0 Å². The number of aromatic nitrogens is 4. The number of anilines is 1. The first kappa shape index (κ1) is 17.4. The van der Waals surface area contributed by atoms with Crippen LogP contribution in [0.25, 0.3) is 22.6 Å². The summed E-state index contributed by atoms with van der Waals surface area (Å²) < 4.78 is 11.4. The van der Waals surface area contributed by atoms with Gasteiger partial charge < -0.3 is 9.88 Å². The Hall–Kier alpha value is -1.99. The second-order valence-electron chi connectivity index (χ2n) is 6.65. The van der Waals surface area contributed by atoms with Crippen LogP contribution in [0.3, 0.4) is 0 Å². The summed E-state index contributed by atoms with van der Waals surface area (Å²) >= 11 is 6.38. The van der Waals surface area contributed by atoms with Gasteiger partial charge in [0.25, 0.3) is 0 Å². The maximum atomic E-state index is 11.4. The van der Waals surface area contributed by atoms with Gasteiger partial charge in [0.15, 0.2) is 5.65 Å². The van der Waals surface area contributed by atoms with Crippen LogP contribution in [0.15, 0.2) is 30.6 Å². The maximum Gasteiger partial charge on any atom is 0.178 e. The van der Waals surface area contributed by atoms with Gasteiger partial charge in [0.05, 0.1) is 10.5 Å². The molecular formula is C18H20ClN5OS. The minimum Gasteiger partial charge on any atom is -0.357 e. The van der Waals surface area contributed by atoms with Crippen LogP contribution in [0.5, 0.6) is 0 Å². The van der Waals surface area contributed by atoms with Gasteiger partial charge in [-0.3, -0.25) is 4.21 Å². The molecule has 8 heteroatoms. The van der Waals surface area contributed by atoms with E-state index in [1.807, 2.05) is 18.2 Å². The SMILES string of the molecule is CS(=O)CC1CCN(c2cc(-c3nc4ncccc4[nH]3)c(Cl)cn2)CC1. The molecule has 1 atom stereocenters. The molecule has 3 aromatic rings. The summed E-state index contributed by atoms with van der Waals surface area (Å²) in [7, 11) is -0.728. The molecule has 1 aliphatic rings. The van der Waals surface area contributed by atoms with Gasteiger partial charge in [-0.15, -0.1) is 0 Å². The van der Waals surface area contributed by atoms with Gasteiger partial charge in [-0.2, -0.15) is 0 Å². The van der Waals surface area contributed by atoms with Crippen LogP contribution in [0.1, 0.15) is 12.8 Å². The van der Waals surface area contributed by atoms with E-state index in [9.17, 15) is 4.21 Å². The lowest BCUT2D eigenvalue weighted by Gasteiger charge is -2.32. The summed E-state index contributed by atoms with van der Waals surface area (Å²) in [5.74, 6) is 2.92. The van der Waals surface area contributed by atoms with E-state index in [0.717, 1.165) is 48.6 Å². The third-order valence-electron chi connectivity index (χ3n) is 4.76. The van der Waals surface area contributed by atoms with Gasteiger partial charge in [0.2, 0.25) is 0 Å². The number of piperidine rings is 1. The van der Waals surface area contributed by atoms with Gasteiger partial charge in [0, 0.05) is 53.9 Å². The molecule has 4 rings (SSSR count). The average molecular weight is 390 g/mol. The first-order valence-electron chi connectivity index (χ1n) is 8.62. The first-order chi connectivity index (χ1) is 12.6. The van der Waals surface area contributed by atoms with Crippen molar-refractivity contribution in [1.29, 1.82) is 0 Å². The van der Waals surface area contributed by atoms with Crippen LogP contribution in [-0.2, 0) is 10.8 Å². The first-order valence-corrected chi connectivity index (χ1v) is 10.7. The molecule has 136 valence electrons. The van der Waals surface area contributed by atoms with Gasteiger partial charge in [-0.25, -0.2) is 15.0 Å². The molecule has 1 aliphatic heterocycles. The van der Waals surface area contributed by atoms with E-state index in [0.29, 0.717) is 22.4 Å². The minimum atomic E-state index is -0.728. The number of nitrogens with one attached hydrogen (secondary N) is 1. The monoisotopic (exact) mass is 389 g/mol. The van der Waals surface area contributed by atoms with Crippen molar-refractivity contribution in [2.45, 2.75) is 12.8 Å². The molecule has 0 saturated carbocycles. The Balaban J connectivity index is 1.58. The normalized spacial score (nSPS) is 16.9. The van der Waals surface area contributed by atoms with Crippen molar-refractivity contribution in [2.75, 3.05) is 30.0 Å². The summed E-state index contributed by atoms with van der Waals surface area (Å²) in [4.78, 5) is 18.8. The Bertz CT molecular complexity index is 919. The second kappa shape index (κ2) is 7.32. The number of fused-ring (bicyclic) bond motifs is 1. The molecule has 4 heterocycles. The van der Waals surface area contributed by atoms with E-state index in [4.69, 9.17) is 11.6 Å². The van der Waals surface area contributed by atoms with Crippen LogP contribution in [-0.4, -0.2) is 49.2 Å². The summed E-state index contributed by atoms with van der Waals surface area (Å²) in [6, 6.07) is 5.80. The van der Waals surface area contributed by atoms with E-state index in [1.54, 1.807) is 18.6 Å². The van der Waals surface area contributed by atoms with Crippen molar-refractivity contribution < 1.29 is 4.21 Å². The summed E-state index contributed by atoms with van der Waals surface area (Å²) in [6.07, 6.45) is 7.25. The van der Waals surface area contributed by atoms with Crippen LogP contribution >= 0.6 is 11.6 Å². The van der Waals surface area contributed by atoms with E-state index in [-0.39, 0.29) is 0 Å². The number of hydrogen-bond donors (Lipinski definition) is 1. The van der Waals surface area contributed by atoms with Crippen LogP contribution in [0, 0.1) is 5.92 Å². The molecule has 1 fully saturated rings. The molecule has 26 heavy (non-hydrogen) atoms. The van der Waals surface area contributed by atoms with Crippen molar-refractivity contribution >= 4 is 39.4 Å². The molecule has 0 radical (unpaired) electrons. The van der Waals surface area contributed by atoms with E-state index < -0.39 is 10.8 Å². The quantitative estimate of drug-likeness (QED) is 0.741. The third kappa shape index (κ3) is 3.59. The number of imidazole rings is 1. The Morgan fingerprint density at radius 1 is 1.35 bits per heavy atom. The highest BCUT2D eigenvalue weighted by Gasteiger charge is 2.22. The Morgan fingerprint density at radius 3 is 2.88 bits per heavy atom. The fraction of sp³-hybridized carbons (Fsp3) is 0.389. The lowest BCUT2D eigenvalue weighted by Crippen LogP contribution is -2.35. The van der Waals surface area contributed by atoms with Crippen LogP contribution in [0.2, 0.25) is 5.02 Å². The highest BCUT2D eigenvalue weighted by atomic mass is 35.5. The topological polar surface area (TPSA) is 74.8 Å². The highest BCUT2D eigenvalue weighted by Crippen LogP contribution is 2.31. The number of pyridine rings is 2. The molecule has 0 aromatic carbocycles. The number of halogens is 1. The van der Waals surface area contributed by atoms with E-state index in [2.05, 4.69) is 24.8 Å². The zero-order chi connectivity index (χ0) is 18.1. The average Bonchev–Trinajstić information content (AvgIpc) is 3.06. The maximum absolute atomic E-state index is 11.4. The smallest absolute Gasteiger partial charge is 0.178 e. The van der Waals surface area contributed by atoms with Gasteiger partial charge in [-0.1, -0.05) is 11.6 Å². The molecule has 0 amide bonds. The largest absolute Gasteiger partial charge is 0.357 e. The Labute approximate surface area is 159 Å². The molecular weight excluding hydrogens is 370 g/mol. The lowest BCUT2D eigenvalue weighted by molar-refractivity contribution is 0.440.